The third kappa shape index (κ3) is 4.54. The molecule has 1 radical (unpaired) electrons. The molecule has 0 saturated carbocycles. The summed E-state index contributed by atoms with van der Waals surface area (Å²) in [5.41, 5.74) is 4.88. The van der Waals surface area contributed by atoms with Crippen LogP contribution in [0, 0.1) is 6.42 Å². The van der Waals surface area contributed by atoms with Crippen molar-refractivity contribution in [3.63, 3.8) is 0 Å². The highest BCUT2D eigenvalue weighted by Gasteiger charge is 2.31. The number of nitrogens with one attached hydrogen (secondary N) is 1. The van der Waals surface area contributed by atoms with Crippen molar-refractivity contribution in [2.24, 2.45) is 5.73 Å². The monoisotopic (exact) mass is 396 g/mol. The molecule has 1 aromatic heterocycles. The number of Topliss-reactive ketones (excluding diaryl/α,β-unsaturated/α-hetero) is 1. The van der Waals surface area contributed by atoms with Gasteiger partial charge in [-0.3, -0.25) is 9.59 Å². The lowest BCUT2D eigenvalue weighted by Gasteiger charge is -2.22. The second kappa shape index (κ2) is 7.77. The Balaban J connectivity index is 1.92. The lowest BCUT2D eigenvalue weighted by Crippen LogP contribution is -2.36. The van der Waals surface area contributed by atoms with Gasteiger partial charge in [0, 0.05) is 6.04 Å². The Morgan fingerprint density at radius 1 is 1.22 bits per heavy atom. The molecule has 1 aliphatic rings. The molecule has 0 spiro atoms. The summed E-state index contributed by atoms with van der Waals surface area (Å²) >= 11 is 0.896. The van der Waals surface area contributed by atoms with Crippen molar-refractivity contribution in [3.05, 3.63) is 47.0 Å². The fraction of sp³-hybridized carbons (Fsp3) is 0.333. The highest BCUT2D eigenvalue weighted by Crippen LogP contribution is 2.35. The molecule has 0 aliphatic carbocycles. The van der Waals surface area contributed by atoms with Crippen LogP contribution in [-0.2, 0) is 6.18 Å². The first kappa shape index (κ1) is 19.5. The summed E-state index contributed by atoms with van der Waals surface area (Å²) in [6, 6.07) is 4.29. The molecule has 143 valence electrons. The number of nitrogens with two attached hydrogens (primary N) is 1. The van der Waals surface area contributed by atoms with Gasteiger partial charge in [-0.1, -0.05) is 18.6 Å². The molecule has 2 aromatic rings. The van der Waals surface area contributed by atoms with E-state index in [2.05, 4.69) is 10.3 Å². The molecule has 1 unspecified atom stereocenters. The first-order valence-corrected chi connectivity index (χ1v) is 9.18. The number of carbonyl (C=O) groups excluding carboxylic acids is 2. The first-order valence-electron chi connectivity index (χ1n) is 8.36. The van der Waals surface area contributed by atoms with E-state index >= 15 is 0 Å². The van der Waals surface area contributed by atoms with E-state index in [1.165, 1.54) is 18.6 Å². The molecule has 1 atom stereocenters. The number of halogens is 3. The number of primary amides is 1. The molecule has 5 nitrogen and oxygen atoms in total. The molecule has 3 N–H and O–H groups in total. The zero-order valence-corrected chi connectivity index (χ0v) is 15.0. The summed E-state index contributed by atoms with van der Waals surface area (Å²) in [6.45, 7) is 0.809. The molecule has 0 bridgehead atoms. The van der Waals surface area contributed by atoms with Gasteiger partial charge in [0.1, 0.15) is 5.69 Å². The van der Waals surface area contributed by atoms with Gasteiger partial charge < -0.3 is 11.1 Å². The summed E-state index contributed by atoms with van der Waals surface area (Å²) < 4.78 is 38.3. The van der Waals surface area contributed by atoms with Gasteiger partial charge >= 0.3 is 6.18 Å². The van der Waals surface area contributed by atoms with Crippen molar-refractivity contribution in [1.82, 2.24) is 10.3 Å². The average molecular weight is 396 g/mol. The number of nitrogens with zero attached hydrogens (tertiary/aromatic N) is 1. The van der Waals surface area contributed by atoms with Crippen LogP contribution in [0.1, 0.15) is 45.1 Å². The number of ketones is 1. The molecule has 9 heteroatoms. The molecule has 3 rings (SSSR count). The van der Waals surface area contributed by atoms with Crippen LogP contribution in [0.3, 0.4) is 0 Å². The lowest BCUT2D eigenvalue weighted by molar-refractivity contribution is -0.137. The maximum atomic E-state index is 12.8. The van der Waals surface area contributed by atoms with Gasteiger partial charge in [-0.15, -0.1) is 11.3 Å². The Labute approximate surface area is 157 Å². The van der Waals surface area contributed by atoms with Gasteiger partial charge in [0.2, 0.25) is 0 Å². The van der Waals surface area contributed by atoms with Gasteiger partial charge in [-0.05, 0) is 37.1 Å². The predicted octanol–water partition coefficient (Wildman–Crippen LogP) is 3.46. The van der Waals surface area contributed by atoms with Crippen LogP contribution in [0.15, 0.2) is 24.3 Å². The largest absolute Gasteiger partial charge is 0.416 e. The van der Waals surface area contributed by atoms with Crippen molar-refractivity contribution >= 4 is 23.0 Å². The van der Waals surface area contributed by atoms with Crippen LogP contribution in [0.5, 0.6) is 0 Å². The zero-order chi connectivity index (χ0) is 19.6. The molecule has 1 fully saturated rings. The number of carbonyl (C=O) groups is 2. The molecular formula is C18H17F3N3O2S. The predicted molar refractivity (Wildman–Crippen MR) is 95.3 cm³/mol. The van der Waals surface area contributed by atoms with E-state index < -0.39 is 17.6 Å². The van der Waals surface area contributed by atoms with Gasteiger partial charge in [0.15, 0.2) is 10.8 Å². The number of hydrogen-bond acceptors (Lipinski definition) is 5. The van der Waals surface area contributed by atoms with Crippen LogP contribution < -0.4 is 11.1 Å². The molecular weight excluding hydrogens is 379 g/mol. The van der Waals surface area contributed by atoms with E-state index in [1.807, 2.05) is 0 Å². The van der Waals surface area contributed by atoms with Crippen LogP contribution in [0.4, 0.5) is 13.2 Å². The van der Waals surface area contributed by atoms with Gasteiger partial charge in [0.25, 0.3) is 5.91 Å². The summed E-state index contributed by atoms with van der Waals surface area (Å²) in [5, 5.41) is 3.16. The topological polar surface area (TPSA) is 85.1 Å². The number of aromatic nitrogens is 1. The normalized spacial score (nSPS) is 17.7. The summed E-state index contributed by atoms with van der Waals surface area (Å²) in [7, 11) is 0. The smallest absolute Gasteiger partial charge is 0.364 e. The van der Waals surface area contributed by atoms with Crippen molar-refractivity contribution in [1.29, 1.82) is 0 Å². The number of alkyl halides is 3. The minimum atomic E-state index is -4.45. The Kier molecular flexibility index (Phi) is 5.61. The van der Waals surface area contributed by atoms with Crippen LogP contribution in [-0.4, -0.2) is 29.3 Å². The van der Waals surface area contributed by atoms with E-state index in [0.29, 0.717) is 10.4 Å². The van der Waals surface area contributed by atoms with Gasteiger partial charge in [-0.2, -0.15) is 13.2 Å². The zero-order valence-electron chi connectivity index (χ0n) is 14.2. The number of rotatable bonds is 5. The van der Waals surface area contributed by atoms with Crippen LogP contribution >= 0.6 is 11.3 Å². The van der Waals surface area contributed by atoms with Crippen LogP contribution in [0.25, 0.3) is 10.4 Å². The van der Waals surface area contributed by atoms with E-state index in [-0.39, 0.29) is 22.5 Å². The van der Waals surface area contributed by atoms with Gasteiger partial charge in [0.05, 0.1) is 16.9 Å². The number of benzene rings is 1. The number of amides is 1. The van der Waals surface area contributed by atoms with Crippen molar-refractivity contribution in [2.45, 2.75) is 31.5 Å². The molecule has 27 heavy (non-hydrogen) atoms. The third-order valence-electron chi connectivity index (χ3n) is 4.25. The molecule has 1 saturated heterocycles. The first-order chi connectivity index (χ1) is 12.8. The number of piperidine rings is 1. The number of hydrogen-bond donors (Lipinski definition) is 2. The fourth-order valence-corrected chi connectivity index (χ4v) is 3.81. The second-order valence-corrected chi connectivity index (χ2v) is 7.22. The second-order valence-electron chi connectivity index (χ2n) is 6.22. The average Bonchev–Trinajstić information content (AvgIpc) is 3.08. The minimum Gasteiger partial charge on any atom is -0.364 e. The number of thiazole rings is 1. The maximum absolute atomic E-state index is 12.8. The standard InChI is InChI=1S/C18H17F3N3O2S/c19-18(20,21)11-6-4-10(5-7-11)15-14(24-17(27-15)16(22)26)13(25)9-12-3-1-2-8-23-12/h4-7,9,12,23H,1-3,8H2,(H2,22,26). The summed E-state index contributed by atoms with van der Waals surface area (Å²) in [6.07, 6.45) is -0.0981. The summed E-state index contributed by atoms with van der Waals surface area (Å²) in [5.74, 6) is -1.17. The Bertz CT molecular complexity index is 841. The van der Waals surface area contributed by atoms with Gasteiger partial charge in [-0.25, -0.2) is 4.98 Å². The Morgan fingerprint density at radius 2 is 1.93 bits per heavy atom. The van der Waals surface area contributed by atoms with E-state index in [0.717, 1.165) is 49.3 Å². The van der Waals surface area contributed by atoms with Crippen LogP contribution in [0.2, 0.25) is 0 Å². The third-order valence-corrected chi connectivity index (χ3v) is 5.37. The van der Waals surface area contributed by atoms with Crippen molar-refractivity contribution in [2.75, 3.05) is 6.54 Å². The Morgan fingerprint density at radius 3 is 2.48 bits per heavy atom. The Hall–Kier alpha value is -2.26. The van der Waals surface area contributed by atoms with E-state index in [4.69, 9.17) is 5.73 Å². The highest BCUT2D eigenvalue weighted by molar-refractivity contribution is 7.17. The fourth-order valence-electron chi connectivity index (χ4n) is 2.88. The summed E-state index contributed by atoms with van der Waals surface area (Å²) in [4.78, 5) is 28.5. The molecule has 1 aromatic carbocycles. The molecule has 1 amide bonds. The van der Waals surface area contributed by atoms with Crippen molar-refractivity contribution in [3.8, 4) is 10.4 Å². The highest BCUT2D eigenvalue weighted by atomic mass is 32.1. The SMILES string of the molecule is NC(=O)c1nc(C(=O)[CH]C2CCCCN2)c(-c2ccc(C(F)(F)F)cc2)s1. The minimum absolute atomic E-state index is 0.0286. The van der Waals surface area contributed by atoms with Crippen molar-refractivity contribution < 1.29 is 22.8 Å². The lowest BCUT2D eigenvalue weighted by atomic mass is 9.98. The quantitative estimate of drug-likeness (QED) is 0.758. The van der Waals surface area contributed by atoms with E-state index in [1.54, 1.807) is 0 Å². The maximum Gasteiger partial charge on any atom is 0.416 e. The molecule has 2 heterocycles. The molecule has 1 aliphatic heterocycles. The van der Waals surface area contributed by atoms with E-state index in [9.17, 15) is 22.8 Å².